The molecule has 1 aromatic carbocycles. The lowest BCUT2D eigenvalue weighted by molar-refractivity contribution is -0.135. The molecule has 31 heavy (non-hydrogen) atoms. The molecular weight excluding hydrogens is 400 g/mol. The van der Waals surface area contributed by atoms with Crippen LogP contribution in [0.5, 0.6) is 11.5 Å². The Morgan fingerprint density at radius 1 is 1.06 bits per heavy atom. The number of anilines is 2. The van der Waals surface area contributed by atoms with E-state index in [9.17, 15) is 14.4 Å². The minimum absolute atomic E-state index is 0.116. The Labute approximate surface area is 179 Å². The first-order valence-corrected chi connectivity index (χ1v) is 10.3. The SMILES string of the molecule is O=C(CN(C(=O)C(=O)Nc1ccc2c(c1)OCCO2)c1cccnc1)NC1CCCC1. The Morgan fingerprint density at radius 3 is 2.58 bits per heavy atom. The van der Waals surface area contributed by atoms with Gasteiger partial charge in [-0.1, -0.05) is 12.8 Å². The highest BCUT2D eigenvalue weighted by Crippen LogP contribution is 2.32. The van der Waals surface area contributed by atoms with E-state index in [2.05, 4.69) is 15.6 Å². The number of benzene rings is 1. The molecule has 2 heterocycles. The number of carbonyl (C=O) groups excluding carboxylic acids is 3. The van der Waals surface area contributed by atoms with Gasteiger partial charge in [-0.3, -0.25) is 24.3 Å². The van der Waals surface area contributed by atoms with Crippen LogP contribution in [-0.2, 0) is 14.4 Å². The lowest BCUT2D eigenvalue weighted by Crippen LogP contribution is -2.47. The van der Waals surface area contributed by atoms with Crippen LogP contribution in [0.25, 0.3) is 0 Å². The van der Waals surface area contributed by atoms with Crippen LogP contribution < -0.4 is 25.0 Å². The van der Waals surface area contributed by atoms with Crippen molar-refractivity contribution in [2.24, 2.45) is 0 Å². The second-order valence-corrected chi connectivity index (χ2v) is 7.46. The van der Waals surface area contributed by atoms with Crippen LogP contribution in [0.1, 0.15) is 25.7 Å². The van der Waals surface area contributed by atoms with E-state index >= 15 is 0 Å². The third-order valence-electron chi connectivity index (χ3n) is 5.22. The smallest absolute Gasteiger partial charge is 0.317 e. The fraction of sp³-hybridized carbons (Fsp3) is 0.364. The van der Waals surface area contributed by atoms with Crippen molar-refractivity contribution in [2.45, 2.75) is 31.7 Å². The summed E-state index contributed by atoms with van der Waals surface area (Å²) in [6, 6.07) is 8.28. The topological polar surface area (TPSA) is 110 Å². The first kappa shape index (κ1) is 20.6. The number of hydrogen-bond donors (Lipinski definition) is 2. The van der Waals surface area contributed by atoms with Crippen molar-refractivity contribution >= 4 is 29.1 Å². The van der Waals surface area contributed by atoms with Gasteiger partial charge in [-0.15, -0.1) is 0 Å². The zero-order valence-corrected chi connectivity index (χ0v) is 17.0. The summed E-state index contributed by atoms with van der Waals surface area (Å²) < 4.78 is 11.0. The van der Waals surface area contributed by atoms with Gasteiger partial charge < -0.3 is 20.1 Å². The van der Waals surface area contributed by atoms with Gasteiger partial charge in [0.05, 0.1) is 11.9 Å². The number of pyridine rings is 1. The molecule has 162 valence electrons. The Kier molecular flexibility index (Phi) is 6.30. The van der Waals surface area contributed by atoms with Crippen molar-refractivity contribution < 1.29 is 23.9 Å². The number of amides is 3. The molecule has 9 heteroatoms. The minimum atomic E-state index is -0.866. The third-order valence-corrected chi connectivity index (χ3v) is 5.22. The molecule has 2 aliphatic rings. The molecule has 0 unspecified atom stereocenters. The first-order chi connectivity index (χ1) is 15.1. The Balaban J connectivity index is 1.46. The van der Waals surface area contributed by atoms with Crippen LogP contribution in [0.4, 0.5) is 11.4 Å². The van der Waals surface area contributed by atoms with Gasteiger partial charge >= 0.3 is 11.8 Å². The molecule has 1 aliphatic carbocycles. The van der Waals surface area contributed by atoms with E-state index in [1.807, 2.05) is 0 Å². The molecule has 4 rings (SSSR count). The molecular formula is C22H24N4O5. The van der Waals surface area contributed by atoms with E-state index in [0.29, 0.717) is 36.1 Å². The molecule has 3 amide bonds. The Morgan fingerprint density at radius 2 is 1.84 bits per heavy atom. The van der Waals surface area contributed by atoms with Gasteiger partial charge in [0.1, 0.15) is 19.8 Å². The highest BCUT2D eigenvalue weighted by Gasteiger charge is 2.27. The van der Waals surface area contributed by atoms with Crippen LogP contribution in [0.3, 0.4) is 0 Å². The predicted octanol–water partition coefficient (Wildman–Crippen LogP) is 1.88. The maximum atomic E-state index is 13.0. The summed E-state index contributed by atoms with van der Waals surface area (Å²) in [7, 11) is 0. The summed E-state index contributed by atoms with van der Waals surface area (Å²) >= 11 is 0. The average molecular weight is 424 g/mol. The van der Waals surface area contributed by atoms with E-state index in [1.54, 1.807) is 36.5 Å². The maximum absolute atomic E-state index is 13.0. The normalized spacial score (nSPS) is 15.2. The molecule has 2 N–H and O–H groups in total. The molecule has 1 saturated carbocycles. The van der Waals surface area contributed by atoms with Gasteiger partial charge in [0.2, 0.25) is 5.91 Å². The Bertz CT molecular complexity index is 960. The second kappa shape index (κ2) is 9.46. The van der Waals surface area contributed by atoms with Crippen molar-refractivity contribution in [3.63, 3.8) is 0 Å². The first-order valence-electron chi connectivity index (χ1n) is 10.3. The van der Waals surface area contributed by atoms with Gasteiger partial charge in [-0.2, -0.15) is 0 Å². The summed E-state index contributed by atoms with van der Waals surface area (Å²) in [6.07, 6.45) is 7.01. The lowest BCUT2D eigenvalue weighted by Gasteiger charge is -2.23. The molecule has 1 aromatic heterocycles. The molecule has 0 spiro atoms. The van der Waals surface area contributed by atoms with Gasteiger partial charge in [0.25, 0.3) is 0 Å². The number of hydrogen-bond acceptors (Lipinski definition) is 6. The van der Waals surface area contributed by atoms with E-state index in [0.717, 1.165) is 30.6 Å². The quantitative estimate of drug-likeness (QED) is 0.710. The largest absolute Gasteiger partial charge is 0.486 e. The van der Waals surface area contributed by atoms with E-state index < -0.39 is 11.8 Å². The Hall–Kier alpha value is -3.62. The van der Waals surface area contributed by atoms with Gasteiger partial charge in [-0.25, -0.2) is 0 Å². The van der Waals surface area contributed by atoms with Crippen molar-refractivity contribution in [1.29, 1.82) is 0 Å². The van der Waals surface area contributed by atoms with Gasteiger partial charge in [-0.05, 0) is 37.1 Å². The summed E-state index contributed by atoms with van der Waals surface area (Å²) in [6.45, 7) is 0.601. The second-order valence-electron chi connectivity index (χ2n) is 7.46. The molecule has 0 bridgehead atoms. The van der Waals surface area contributed by atoms with Gasteiger partial charge in [0.15, 0.2) is 11.5 Å². The lowest BCUT2D eigenvalue weighted by atomic mass is 10.2. The summed E-state index contributed by atoms with van der Waals surface area (Å²) in [5.41, 5.74) is 0.760. The zero-order valence-electron chi connectivity index (χ0n) is 17.0. The van der Waals surface area contributed by atoms with Crippen LogP contribution in [-0.4, -0.2) is 48.5 Å². The number of carbonyl (C=O) groups is 3. The minimum Gasteiger partial charge on any atom is -0.486 e. The fourth-order valence-electron chi connectivity index (χ4n) is 3.71. The maximum Gasteiger partial charge on any atom is 0.317 e. The number of ether oxygens (including phenoxy) is 2. The highest BCUT2D eigenvalue weighted by atomic mass is 16.6. The van der Waals surface area contributed by atoms with Crippen LogP contribution in [0.15, 0.2) is 42.7 Å². The summed E-state index contributed by atoms with van der Waals surface area (Å²) in [4.78, 5) is 43.3. The number of nitrogens with zero attached hydrogens (tertiary/aromatic N) is 2. The van der Waals surface area contributed by atoms with E-state index in [4.69, 9.17) is 9.47 Å². The van der Waals surface area contributed by atoms with Gasteiger partial charge in [0, 0.05) is 24.0 Å². The van der Waals surface area contributed by atoms with Crippen molar-refractivity contribution in [1.82, 2.24) is 10.3 Å². The third kappa shape index (κ3) is 5.11. The zero-order chi connectivity index (χ0) is 21.6. The predicted molar refractivity (Wildman–Crippen MR) is 113 cm³/mol. The van der Waals surface area contributed by atoms with Crippen molar-refractivity contribution in [3.8, 4) is 11.5 Å². The van der Waals surface area contributed by atoms with Crippen LogP contribution in [0, 0.1) is 0 Å². The molecule has 2 aromatic rings. The monoisotopic (exact) mass is 424 g/mol. The highest BCUT2D eigenvalue weighted by molar-refractivity contribution is 6.44. The number of nitrogens with one attached hydrogen (secondary N) is 2. The number of rotatable bonds is 5. The molecule has 1 fully saturated rings. The van der Waals surface area contributed by atoms with Crippen molar-refractivity contribution in [2.75, 3.05) is 30.0 Å². The average Bonchev–Trinajstić information content (AvgIpc) is 3.30. The number of fused-ring (bicyclic) bond motifs is 1. The van der Waals surface area contributed by atoms with E-state index in [1.165, 1.54) is 6.20 Å². The molecule has 0 radical (unpaired) electrons. The molecule has 1 aliphatic heterocycles. The molecule has 0 atom stereocenters. The van der Waals surface area contributed by atoms with Crippen LogP contribution >= 0.6 is 0 Å². The fourth-order valence-corrected chi connectivity index (χ4v) is 3.71. The summed E-state index contributed by atoms with van der Waals surface area (Å²) in [5, 5.41) is 5.51. The molecule has 9 nitrogen and oxygen atoms in total. The van der Waals surface area contributed by atoms with E-state index in [-0.39, 0.29) is 18.5 Å². The number of aromatic nitrogens is 1. The van der Waals surface area contributed by atoms with Crippen LogP contribution in [0.2, 0.25) is 0 Å². The summed E-state index contributed by atoms with van der Waals surface area (Å²) in [5.74, 6) is -0.956. The van der Waals surface area contributed by atoms with Crippen molar-refractivity contribution in [3.05, 3.63) is 42.7 Å². The standard InChI is InChI=1S/C22H24N4O5/c27-20(24-15-4-1-2-5-15)14-26(17-6-3-9-23-13-17)22(29)21(28)25-16-7-8-18-19(12-16)31-11-10-30-18/h3,6-9,12-13,15H,1-2,4-5,10-11,14H2,(H,24,27)(H,25,28). The molecule has 0 saturated heterocycles.